The minimum absolute atomic E-state index is 0.0680. The molecule has 0 spiro atoms. The van der Waals surface area contributed by atoms with Crippen molar-refractivity contribution in [2.24, 2.45) is 0 Å². The van der Waals surface area contributed by atoms with Crippen LogP contribution in [0.25, 0.3) is 0 Å². The first kappa shape index (κ1) is 11.4. The SMILES string of the molecule is CC(S)Cc1cccc(C(F)(F)F)c1. The third-order valence-corrected chi connectivity index (χ3v) is 1.97. The van der Waals surface area contributed by atoms with Crippen LogP contribution >= 0.6 is 12.6 Å². The van der Waals surface area contributed by atoms with Crippen LogP contribution in [0.2, 0.25) is 0 Å². The molecule has 1 aromatic carbocycles. The van der Waals surface area contributed by atoms with Crippen LogP contribution in [0, 0.1) is 0 Å². The molecule has 0 fully saturated rings. The van der Waals surface area contributed by atoms with Crippen LogP contribution in [0.3, 0.4) is 0 Å². The van der Waals surface area contributed by atoms with Gasteiger partial charge in [0.1, 0.15) is 0 Å². The van der Waals surface area contributed by atoms with E-state index in [0.717, 1.165) is 6.07 Å². The van der Waals surface area contributed by atoms with Gasteiger partial charge in [0.25, 0.3) is 0 Å². The Kier molecular flexibility index (Phi) is 3.48. The van der Waals surface area contributed by atoms with E-state index in [-0.39, 0.29) is 5.25 Å². The number of rotatable bonds is 2. The standard InChI is InChI=1S/C10H11F3S/c1-7(14)5-8-3-2-4-9(6-8)10(11,12)13/h2-4,6-7,14H,5H2,1H3. The highest BCUT2D eigenvalue weighted by atomic mass is 32.1. The number of benzene rings is 1. The highest BCUT2D eigenvalue weighted by molar-refractivity contribution is 7.80. The van der Waals surface area contributed by atoms with E-state index in [0.29, 0.717) is 12.0 Å². The number of thiol groups is 1. The molecule has 0 N–H and O–H groups in total. The van der Waals surface area contributed by atoms with Gasteiger partial charge in [-0.2, -0.15) is 25.8 Å². The summed E-state index contributed by atoms with van der Waals surface area (Å²) in [6.07, 6.45) is -3.71. The van der Waals surface area contributed by atoms with Crippen molar-refractivity contribution in [3.05, 3.63) is 35.4 Å². The lowest BCUT2D eigenvalue weighted by Gasteiger charge is -2.09. The van der Waals surface area contributed by atoms with Crippen molar-refractivity contribution in [3.8, 4) is 0 Å². The molecule has 78 valence electrons. The van der Waals surface area contributed by atoms with Crippen molar-refractivity contribution in [2.75, 3.05) is 0 Å². The van der Waals surface area contributed by atoms with Crippen LogP contribution in [0.4, 0.5) is 13.2 Å². The summed E-state index contributed by atoms with van der Waals surface area (Å²) < 4.78 is 36.9. The van der Waals surface area contributed by atoms with Gasteiger partial charge >= 0.3 is 6.18 Å². The Morgan fingerprint density at radius 3 is 2.50 bits per heavy atom. The topological polar surface area (TPSA) is 0 Å². The third kappa shape index (κ3) is 3.25. The van der Waals surface area contributed by atoms with Gasteiger partial charge in [-0.25, -0.2) is 0 Å². The molecule has 0 saturated heterocycles. The van der Waals surface area contributed by atoms with Gasteiger partial charge in [0, 0.05) is 5.25 Å². The van der Waals surface area contributed by atoms with Crippen molar-refractivity contribution >= 4 is 12.6 Å². The van der Waals surface area contributed by atoms with Crippen LogP contribution in [-0.4, -0.2) is 5.25 Å². The quantitative estimate of drug-likeness (QED) is 0.724. The van der Waals surface area contributed by atoms with E-state index in [1.54, 1.807) is 6.07 Å². The number of hydrogen-bond donors (Lipinski definition) is 1. The van der Waals surface area contributed by atoms with E-state index in [1.807, 2.05) is 6.92 Å². The predicted octanol–water partition coefficient (Wildman–Crippen LogP) is 3.57. The zero-order valence-corrected chi connectivity index (χ0v) is 8.57. The maximum Gasteiger partial charge on any atom is 0.416 e. The average molecular weight is 220 g/mol. The molecule has 0 bridgehead atoms. The van der Waals surface area contributed by atoms with Gasteiger partial charge in [0.05, 0.1) is 5.56 Å². The van der Waals surface area contributed by atoms with E-state index < -0.39 is 11.7 Å². The van der Waals surface area contributed by atoms with E-state index in [9.17, 15) is 13.2 Å². The zero-order chi connectivity index (χ0) is 10.8. The Morgan fingerprint density at radius 1 is 1.36 bits per heavy atom. The van der Waals surface area contributed by atoms with Gasteiger partial charge in [-0.05, 0) is 18.1 Å². The first-order valence-corrected chi connectivity index (χ1v) is 4.75. The lowest BCUT2D eigenvalue weighted by atomic mass is 10.1. The number of hydrogen-bond acceptors (Lipinski definition) is 1. The normalized spacial score (nSPS) is 14.1. The second kappa shape index (κ2) is 4.26. The zero-order valence-electron chi connectivity index (χ0n) is 7.67. The monoisotopic (exact) mass is 220 g/mol. The molecular formula is C10H11F3S. The molecule has 14 heavy (non-hydrogen) atoms. The molecule has 1 atom stereocenters. The molecular weight excluding hydrogens is 209 g/mol. The summed E-state index contributed by atoms with van der Waals surface area (Å²) >= 11 is 4.13. The van der Waals surface area contributed by atoms with E-state index >= 15 is 0 Å². The van der Waals surface area contributed by atoms with Crippen LogP contribution in [-0.2, 0) is 12.6 Å². The third-order valence-electron chi connectivity index (χ3n) is 1.79. The van der Waals surface area contributed by atoms with Crippen LogP contribution in [0.1, 0.15) is 18.1 Å². The molecule has 0 aliphatic rings. The molecule has 0 aliphatic heterocycles. The molecule has 0 aliphatic carbocycles. The Bertz CT molecular complexity index is 304. The van der Waals surface area contributed by atoms with Gasteiger partial charge in [-0.1, -0.05) is 25.1 Å². The maximum atomic E-state index is 12.3. The van der Waals surface area contributed by atoms with Crippen molar-refractivity contribution in [1.82, 2.24) is 0 Å². The minimum atomic E-state index is -4.25. The lowest BCUT2D eigenvalue weighted by molar-refractivity contribution is -0.137. The lowest BCUT2D eigenvalue weighted by Crippen LogP contribution is -2.06. The summed E-state index contributed by atoms with van der Waals surface area (Å²) in [4.78, 5) is 0. The molecule has 4 heteroatoms. The van der Waals surface area contributed by atoms with Crippen LogP contribution in [0.15, 0.2) is 24.3 Å². The molecule has 0 heterocycles. The molecule has 0 nitrogen and oxygen atoms in total. The summed E-state index contributed by atoms with van der Waals surface area (Å²) in [5, 5.41) is 0.0680. The van der Waals surface area contributed by atoms with Gasteiger partial charge in [0.15, 0.2) is 0 Å². The predicted molar refractivity (Wildman–Crippen MR) is 53.6 cm³/mol. The van der Waals surface area contributed by atoms with Gasteiger partial charge < -0.3 is 0 Å². The summed E-state index contributed by atoms with van der Waals surface area (Å²) in [5.74, 6) is 0. The number of halogens is 3. The Morgan fingerprint density at radius 2 is 2.00 bits per heavy atom. The van der Waals surface area contributed by atoms with Crippen LogP contribution < -0.4 is 0 Å². The summed E-state index contributed by atoms with van der Waals surface area (Å²) in [5.41, 5.74) is 0.0753. The fourth-order valence-corrected chi connectivity index (χ4v) is 1.43. The van der Waals surface area contributed by atoms with Gasteiger partial charge in [0.2, 0.25) is 0 Å². The second-order valence-corrected chi connectivity index (χ2v) is 4.13. The molecule has 1 rings (SSSR count). The summed E-state index contributed by atoms with van der Waals surface area (Å²) in [6.45, 7) is 1.85. The minimum Gasteiger partial charge on any atom is -0.176 e. The van der Waals surface area contributed by atoms with Crippen molar-refractivity contribution in [1.29, 1.82) is 0 Å². The summed E-state index contributed by atoms with van der Waals surface area (Å²) in [6, 6.07) is 5.36. The largest absolute Gasteiger partial charge is 0.416 e. The smallest absolute Gasteiger partial charge is 0.176 e. The Balaban J connectivity index is 2.90. The Labute approximate surface area is 86.5 Å². The van der Waals surface area contributed by atoms with Crippen molar-refractivity contribution in [3.63, 3.8) is 0 Å². The first-order valence-electron chi connectivity index (χ1n) is 4.24. The van der Waals surface area contributed by atoms with Crippen molar-refractivity contribution in [2.45, 2.75) is 24.8 Å². The molecule has 0 aromatic heterocycles. The van der Waals surface area contributed by atoms with E-state index in [2.05, 4.69) is 12.6 Å². The second-order valence-electron chi connectivity index (χ2n) is 3.25. The van der Waals surface area contributed by atoms with E-state index in [1.165, 1.54) is 12.1 Å². The molecule has 0 saturated carbocycles. The van der Waals surface area contributed by atoms with Gasteiger partial charge in [-0.15, -0.1) is 0 Å². The Hall–Kier alpha value is -0.640. The highest BCUT2D eigenvalue weighted by Gasteiger charge is 2.30. The first-order chi connectivity index (χ1) is 6.39. The van der Waals surface area contributed by atoms with E-state index in [4.69, 9.17) is 0 Å². The molecule has 0 radical (unpaired) electrons. The fourth-order valence-electron chi connectivity index (χ4n) is 1.22. The fraction of sp³-hybridized carbons (Fsp3) is 0.400. The maximum absolute atomic E-state index is 12.3. The van der Waals surface area contributed by atoms with Crippen LogP contribution in [0.5, 0.6) is 0 Å². The highest BCUT2D eigenvalue weighted by Crippen LogP contribution is 2.29. The summed E-state index contributed by atoms with van der Waals surface area (Å²) in [7, 11) is 0. The average Bonchev–Trinajstić information content (AvgIpc) is 2.01. The molecule has 1 unspecified atom stereocenters. The molecule has 0 amide bonds. The van der Waals surface area contributed by atoms with Gasteiger partial charge in [-0.3, -0.25) is 0 Å². The van der Waals surface area contributed by atoms with Crippen molar-refractivity contribution < 1.29 is 13.2 Å². The number of alkyl halides is 3. The molecule has 1 aromatic rings.